The molecule has 0 saturated carbocycles. The molecule has 2 aromatic rings. The van der Waals surface area contributed by atoms with Gasteiger partial charge in [-0.25, -0.2) is 9.37 Å². The van der Waals surface area contributed by atoms with Gasteiger partial charge in [-0.3, -0.25) is 5.32 Å². The second-order valence-corrected chi connectivity index (χ2v) is 7.99. The Kier molecular flexibility index (Phi) is 8.10. The van der Waals surface area contributed by atoms with Crippen LogP contribution in [0.15, 0.2) is 41.9 Å². The molecule has 0 spiro atoms. The highest BCUT2D eigenvalue weighted by Crippen LogP contribution is 2.28. The van der Waals surface area contributed by atoms with Crippen LogP contribution in [0.4, 0.5) is 4.39 Å². The maximum Gasteiger partial charge on any atom is 0.184 e. The van der Waals surface area contributed by atoms with Gasteiger partial charge >= 0.3 is 0 Å². The number of benzene rings is 1. The van der Waals surface area contributed by atoms with Gasteiger partial charge in [-0.15, -0.1) is 11.3 Å². The van der Waals surface area contributed by atoms with Crippen LogP contribution in [0.5, 0.6) is 0 Å². The Balaban J connectivity index is 2.04. The molecule has 0 aliphatic heterocycles. The van der Waals surface area contributed by atoms with Gasteiger partial charge in [0.05, 0.1) is 16.1 Å². The number of aryl methyl sites for hydroxylation is 1. The van der Waals surface area contributed by atoms with E-state index in [2.05, 4.69) is 34.3 Å². The number of hydrogen-bond acceptors (Lipinski definition) is 5. The first-order chi connectivity index (χ1) is 12.9. The Bertz CT molecular complexity index is 728. The lowest BCUT2D eigenvalue weighted by Crippen LogP contribution is -2.44. The Labute approximate surface area is 166 Å². The molecule has 6 heteroatoms. The minimum Gasteiger partial charge on any atom is -0.330 e. The molecule has 27 heavy (non-hydrogen) atoms. The van der Waals surface area contributed by atoms with Crippen molar-refractivity contribution in [2.45, 2.75) is 39.0 Å². The average molecular weight is 391 g/mol. The SMILES string of the molecule is C=C(CNC)C(F)(CCC(C)CN)NCc1ccc(-c2scnc2C)cc1. The quantitative estimate of drug-likeness (QED) is 0.400. The van der Waals surface area contributed by atoms with Crippen LogP contribution in [0.2, 0.25) is 0 Å². The summed E-state index contributed by atoms with van der Waals surface area (Å²) >= 11 is 1.63. The van der Waals surface area contributed by atoms with Crippen molar-refractivity contribution in [2.24, 2.45) is 11.7 Å². The van der Waals surface area contributed by atoms with Crippen molar-refractivity contribution < 1.29 is 4.39 Å². The molecular formula is C21H31FN4S. The maximum atomic E-state index is 15.6. The van der Waals surface area contributed by atoms with E-state index in [-0.39, 0.29) is 5.92 Å². The molecule has 0 fully saturated rings. The van der Waals surface area contributed by atoms with Crippen molar-refractivity contribution in [3.05, 3.63) is 53.2 Å². The molecule has 0 amide bonds. The van der Waals surface area contributed by atoms with Crippen LogP contribution in [-0.2, 0) is 6.54 Å². The van der Waals surface area contributed by atoms with Crippen LogP contribution in [0.3, 0.4) is 0 Å². The van der Waals surface area contributed by atoms with Crippen LogP contribution < -0.4 is 16.4 Å². The number of halogens is 1. The van der Waals surface area contributed by atoms with Crippen LogP contribution >= 0.6 is 11.3 Å². The lowest BCUT2D eigenvalue weighted by atomic mass is 9.94. The summed E-state index contributed by atoms with van der Waals surface area (Å²) in [5.41, 5.74) is 11.3. The summed E-state index contributed by atoms with van der Waals surface area (Å²) in [4.78, 5) is 5.47. The van der Waals surface area contributed by atoms with Gasteiger partial charge in [0.25, 0.3) is 0 Å². The monoisotopic (exact) mass is 390 g/mol. The zero-order chi connectivity index (χ0) is 19.9. The number of hydrogen-bond donors (Lipinski definition) is 3. The van der Waals surface area contributed by atoms with Gasteiger partial charge in [0.1, 0.15) is 0 Å². The fourth-order valence-electron chi connectivity index (χ4n) is 2.90. The molecule has 2 atom stereocenters. The molecule has 1 heterocycles. The van der Waals surface area contributed by atoms with E-state index in [1.54, 1.807) is 18.4 Å². The summed E-state index contributed by atoms with van der Waals surface area (Å²) in [6, 6.07) is 8.20. The Morgan fingerprint density at radius 1 is 1.37 bits per heavy atom. The molecule has 0 saturated heterocycles. The third-order valence-corrected chi connectivity index (χ3v) is 5.85. The van der Waals surface area contributed by atoms with E-state index in [1.165, 1.54) is 4.88 Å². The summed E-state index contributed by atoms with van der Waals surface area (Å²) in [7, 11) is 1.80. The van der Waals surface area contributed by atoms with E-state index in [0.717, 1.165) is 16.8 Å². The Morgan fingerprint density at radius 3 is 2.63 bits per heavy atom. The molecule has 4 nitrogen and oxygen atoms in total. The molecule has 1 aromatic heterocycles. The van der Waals surface area contributed by atoms with Gasteiger partial charge in [-0.1, -0.05) is 37.8 Å². The number of rotatable bonds is 11. The first kappa shape index (κ1) is 21.7. The minimum absolute atomic E-state index is 0.284. The molecule has 0 radical (unpaired) electrons. The summed E-state index contributed by atoms with van der Waals surface area (Å²) in [6.45, 7) is 9.44. The minimum atomic E-state index is -1.61. The molecule has 2 unspecified atom stereocenters. The predicted octanol–water partition coefficient (Wildman–Crippen LogP) is 4.02. The largest absolute Gasteiger partial charge is 0.330 e. The zero-order valence-electron chi connectivity index (χ0n) is 16.5. The van der Waals surface area contributed by atoms with Crippen LogP contribution in [0.1, 0.15) is 31.0 Å². The highest BCUT2D eigenvalue weighted by Gasteiger charge is 2.32. The van der Waals surface area contributed by atoms with E-state index in [4.69, 9.17) is 5.73 Å². The van der Waals surface area contributed by atoms with E-state index in [9.17, 15) is 0 Å². The van der Waals surface area contributed by atoms with Gasteiger partial charge in [0.15, 0.2) is 5.79 Å². The fraction of sp³-hybridized carbons (Fsp3) is 0.476. The second-order valence-electron chi connectivity index (χ2n) is 7.13. The second kappa shape index (κ2) is 10.1. The first-order valence-corrected chi connectivity index (χ1v) is 10.2. The topological polar surface area (TPSA) is 63.0 Å². The smallest absolute Gasteiger partial charge is 0.184 e. The Morgan fingerprint density at radius 2 is 2.07 bits per heavy atom. The number of nitrogens with two attached hydrogens (primary N) is 1. The van der Waals surface area contributed by atoms with Crippen molar-refractivity contribution in [1.82, 2.24) is 15.6 Å². The summed E-state index contributed by atoms with van der Waals surface area (Å²) in [5, 5.41) is 6.08. The van der Waals surface area contributed by atoms with Gasteiger partial charge in [0.2, 0.25) is 0 Å². The maximum absolute atomic E-state index is 15.6. The third-order valence-electron chi connectivity index (χ3n) is 4.87. The van der Waals surface area contributed by atoms with Gasteiger partial charge in [0, 0.05) is 13.1 Å². The molecule has 0 bridgehead atoms. The molecular weight excluding hydrogens is 359 g/mol. The molecule has 0 aliphatic rings. The predicted molar refractivity (Wildman–Crippen MR) is 113 cm³/mol. The lowest BCUT2D eigenvalue weighted by Gasteiger charge is -2.30. The summed E-state index contributed by atoms with van der Waals surface area (Å²) in [6.07, 6.45) is 1.08. The van der Waals surface area contributed by atoms with Gasteiger partial charge in [-0.2, -0.15) is 0 Å². The molecule has 1 aromatic carbocycles. The van der Waals surface area contributed by atoms with Crippen molar-refractivity contribution in [3.63, 3.8) is 0 Å². The van der Waals surface area contributed by atoms with Crippen LogP contribution in [0.25, 0.3) is 10.4 Å². The standard InChI is InChI=1S/C21H31FN4S/c1-15(11-23)9-10-21(22,16(2)12-24-4)26-13-18-5-7-19(8-6-18)20-17(3)25-14-27-20/h5-8,14-15,24,26H,2,9-13,23H2,1,3-4H3. The number of aromatic nitrogens is 1. The zero-order valence-corrected chi connectivity index (χ0v) is 17.3. The average Bonchev–Trinajstić information content (AvgIpc) is 3.11. The highest BCUT2D eigenvalue weighted by molar-refractivity contribution is 7.13. The van der Waals surface area contributed by atoms with E-state index >= 15 is 4.39 Å². The lowest BCUT2D eigenvalue weighted by molar-refractivity contribution is 0.132. The molecule has 4 N–H and O–H groups in total. The van der Waals surface area contributed by atoms with Crippen LogP contribution in [0, 0.1) is 12.8 Å². The number of likely N-dealkylation sites (N-methyl/N-ethyl adjacent to an activating group) is 1. The summed E-state index contributed by atoms with van der Waals surface area (Å²) < 4.78 is 15.6. The number of nitrogens with zero attached hydrogens (tertiary/aromatic N) is 1. The van der Waals surface area contributed by atoms with Gasteiger partial charge < -0.3 is 11.1 Å². The highest BCUT2D eigenvalue weighted by atomic mass is 32.1. The van der Waals surface area contributed by atoms with E-state index in [1.807, 2.05) is 31.5 Å². The fourth-order valence-corrected chi connectivity index (χ4v) is 3.71. The molecule has 0 aliphatic carbocycles. The van der Waals surface area contributed by atoms with Crippen molar-refractivity contribution in [1.29, 1.82) is 0 Å². The third kappa shape index (κ3) is 5.94. The van der Waals surface area contributed by atoms with Crippen molar-refractivity contribution in [3.8, 4) is 10.4 Å². The summed E-state index contributed by atoms with van der Waals surface area (Å²) in [5.74, 6) is -1.33. The first-order valence-electron chi connectivity index (χ1n) is 9.36. The van der Waals surface area contributed by atoms with E-state index < -0.39 is 5.79 Å². The molecule has 2 rings (SSSR count). The van der Waals surface area contributed by atoms with Crippen LogP contribution in [-0.4, -0.2) is 30.9 Å². The van der Waals surface area contributed by atoms with E-state index in [0.29, 0.717) is 38.0 Å². The van der Waals surface area contributed by atoms with Gasteiger partial charge in [-0.05, 0) is 56.0 Å². The van der Waals surface area contributed by atoms with Crippen molar-refractivity contribution in [2.75, 3.05) is 20.1 Å². The number of alkyl halides is 1. The normalized spacial score (nSPS) is 14.7. The molecule has 148 valence electrons. The number of nitrogens with one attached hydrogen (secondary N) is 2. The Hall–Kier alpha value is -1.60. The van der Waals surface area contributed by atoms with Crippen molar-refractivity contribution >= 4 is 11.3 Å². The number of thiazole rings is 1.